The van der Waals surface area contributed by atoms with Crippen LogP contribution in [-0.4, -0.2) is 37.5 Å². The number of phenols is 1. The Kier molecular flexibility index (Phi) is 5.29. The van der Waals surface area contributed by atoms with E-state index in [9.17, 15) is 5.11 Å². The number of anilines is 2. The van der Waals surface area contributed by atoms with Crippen LogP contribution in [0.5, 0.6) is 5.75 Å². The summed E-state index contributed by atoms with van der Waals surface area (Å²) >= 11 is 0. The van der Waals surface area contributed by atoms with Crippen molar-refractivity contribution in [2.75, 3.05) is 36.0 Å². The first-order chi connectivity index (χ1) is 13.7. The number of hydrogen-bond acceptors (Lipinski definition) is 4. The van der Waals surface area contributed by atoms with Gasteiger partial charge >= 0.3 is 0 Å². The molecule has 1 aliphatic rings. The molecule has 1 saturated heterocycles. The van der Waals surface area contributed by atoms with Gasteiger partial charge in [0.25, 0.3) is 0 Å². The number of aryl methyl sites for hydroxylation is 1. The fourth-order valence-corrected chi connectivity index (χ4v) is 3.47. The third-order valence-electron chi connectivity index (χ3n) is 5.18. The van der Waals surface area contributed by atoms with Gasteiger partial charge in [-0.3, -0.25) is 4.99 Å². The summed E-state index contributed by atoms with van der Waals surface area (Å²) in [5, 5.41) is 9.82. The summed E-state index contributed by atoms with van der Waals surface area (Å²) in [5.74, 6) is 0.245. The van der Waals surface area contributed by atoms with E-state index in [-0.39, 0.29) is 5.75 Å². The van der Waals surface area contributed by atoms with Gasteiger partial charge in [0.2, 0.25) is 0 Å². The standard InChI is InChI=1S/C24H25N3O/c1-19-6-10-22(11-7-19)26-14-16-27(17-15-26)23-12-8-21(9-13-23)25-18-20-4-2-3-5-24(20)28/h2-13,18,28H,14-17H2,1H3. The van der Waals surface area contributed by atoms with Crippen molar-refractivity contribution in [1.82, 2.24) is 0 Å². The van der Waals surface area contributed by atoms with Gasteiger partial charge in [-0.15, -0.1) is 0 Å². The van der Waals surface area contributed by atoms with Crippen molar-refractivity contribution in [1.29, 1.82) is 0 Å². The van der Waals surface area contributed by atoms with Crippen LogP contribution in [0.1, 0.15) is 11.1 Å². The Bertz CT molecular complexity index is 940. The third kappa shape index (κ3) is 4.17. The number of hydrogen-bond donors (Lipinski definition) is 1. The molecule has 1 fully saturated rings. The van der Waals surface area contributed by atoms with E-state index in [0.717, 1.165) is 37.4 Å². The number of aliphatic imine (C=N–C) groups is 1. The molecule has 0 saturated carbocycles. The Hall–Kier alpha value is -3.27. The van der Waals surface area contributed by atoms with E-state index in [4.69, 9.17) is 0 Å². The van der Waals surface area contributed by atoms with Crippen LogP contribution in [0.3, 0.4) is 0 Å². The van der Waals surface area contributed by atoms with Gasteiger partial charge in [-0.1, -0.05) is 29.8 Å². The lowest BCUT2D eigenvalue weighted by molar-refractivity contribution is 0.474. The molecule has 0 spiro atoms. The zero-order valence-electron chi connectivity index (χ0n) is 16.1. The van der Waals surface area contributed by atoms with Crippen LogP contribution in [0.25, 0.3) is 0 Å². The first kappa shape index (κ1) is 18.1. The van der Waals surface area contributed by atoms with Crippen LogP contribution in [0.2, 0.25) is 0 Å². The van der Waals surface area contributed by atoms with E-state index in [1.54, 1.807) is 18.3 Å². The second-order valence-corrected chi connectivity index (χ2v) is 7.14. The highest BCUT2D eigenvalue weighted by atomic mass is 16.3. The Morgan fingerprint density at radius 2 is 1.29 bits per heavy atom. The summed E-state index contributed by atoms with van der Waals surface area (Å²) < 4.78 is 0. The summed E-state index contributed by atoms with van der Waals surface area (Å²) in [5.41, 5.74) is 5.43. The maximum absolute atomic E-state index is 9.82. The molecule has 0 amide bonds. The first-order valence-electron chi connectivity index (χ1n) is 9.68. The topological polar surface area (TPSA) is 39.1 Å². The third-order valence-corrected chi connectivity index (χ3v) is 5.18. The maximum atomic E-state index is 9.82. The van der Waals surface area contributed by atoms with Gasteiger partial charge in [0.05, 0.1) is 5.69 Å². The van der Waals surface area contributed by atoms with Crippen molar-refractivity contribution in [2.24, 2.45) is 4.99 Å². The Morgan fingerprint density at radius 3 is 1.86 bits per heavy atom. The first-order valence-corrected chi connectivity index (χ1v) is 9.68. The molecule has 4 nitrogen and oxygen atoms in total. The highest BCUT2D eigenvalue weighted by molar-refractivity contribution is 5.85. The van der Waals surface area contributed by atoms with Crippen molar-refractivity contribution in [2.45, 2.75) is 6.92 Å². The molecular weight excluding hydrogens is 346 g/mol. The molecular formula is C24H25N3O. The minimum Gasteiger partial charge on any atom is -0.507 e. The molecule has 0 radical (unpaired) electrons. The lowest BCUT2D eigenvalue weighted by Crippen LogP contribution is -2.46. The second-order valence-electron chi connectivity index (χ2n) is 7.14. The lowest BCUT2D eigenvalue weighted by atomic mass is 10.2. The smallest absolute Gasteiger partial charge is 0.124 e. The Labute approximate surface area is 166 Å². The molecule has 3 aromatic rings. The van der Waals surface area contributed by atoms with Crippen LogP contribution in [-0.2, 0) is 0 Å². The molecule has 142 valence electrons. The Balaban J connectivity index is 1.37. The summed E-state index contributed by atoms with van der Waals surface area (Å²) in [6, 6.07) is 24.3. The summed E-state index contributed by atoms with van der Waals surface area (Å²) in [6.07, 6.45) is 1.70. The minimum absolute atomic E-state index is 0.245. The predicted molar refractivity (Wildman–Crippen MR) is 117 cm³/mol. The SMILES string of the molecule is Cc1ccc(N2CCN(c3ccc(N=Cc4ccccc4O)cc3)CC2)cc1. The number of piperazine rings is 1. The van der Waals surface area contributed by atoms with Gasteiger partial charge in [-0.2, -0.15) is 0 Å². The van der Waals surface area contributed by atoms with Gasteiger partial charge in [-0.05, 0) is 55.5 Å². The fraction of sp³-hybridized carbons (Fsp3) is 0.208. The van der Waals surface area contributed by atoms with Crippen LogP contribution >= 0.6 is 0 Å². The number of nitrogens with zero attached hydrogens (tertiary/aromatic N) is 3. The minimum atomic E-state index is 0.245. The molecule has 0 aliphatic carbocycles. The van der Waals surface area contributed by atoms with Crippen LogP contribution in [0, 0.1) is 6.92 Å². The number of phenolic OH excluding ortho intramolecular Hbond substituents is 1. The molecule has 1 heterocycles. The van der Waals surface area contributed by atoms with Gasteiger partial charge in [0.1, 0.15) is 5.75 Å². The summed E-state index contributed by atoms with van der Waals surface area (Å²) in [7, 11) is 0. The van der Waals surface area contributed by atoms with Gasteiger partial charge < -0.3 is 14.9 Å². The largest absolute Gasteiger partial charge is 0.507 e. The van der Waals surface area contributed by atoms with Gasteiger partial charge in [-0.25, -0.2) is 0 Å². The molecule has 1 N–H and O–H groups in total. The highest BCUT2D eigenvalue weighted by Crippen LogP contribution is 2.24. The lowest BCUT2D eigenvalue weighted by Gasteiger charge is -2.37. The number of para-hydroxylation sites is 1. The number of aromatic hydroxyl groups is 1. The monoisotopic (exact) mass is 371 g/mol. The quantitative estimate of drug-likeness (QED) is 0.671. The average molecular weight is 371 g/mol. The van der Waals surface area contributed by atoms with Crippen LogP contribution in [0.4, 0.5) is 17.1 Å². The molecule has 1 aliphatic heterocycles. The molecule has 4 heteroatoms. The average Bonchev–Trinajstić information content (AvgIpc) is 2.74. The second kappa shape index (κ2) is 8.17. The van der Waals surface area contributed by atoms with E-state index >= 15 is 0 Å². The normalized spacial score (nSPS) is 14.6. The van der Waals surface area contributed by atoms with Crippen molar-refractivity contribution >= 4 is 23.3 Å². The van der Waals surface area contributed by atoms with E-state index < -0.39 is 0 Å². The van der Waals surface area contributed by atoms with E-state index in [0.29, 0.717) is 0 Å². The fourth-order valence-electron chi connectivity index (χ4n) is 3.47. The summed E-state index contributed by atoms with van der Waals surface area (Å²) in [6.45, 7) is 6.19. The Morgan fingerprint density at radius 1 is 0.750 bits per heavy atom. The van der Waals surface area contributed by atoms with Crippen LogP contribution < -0.4 is 9.80 Å². The molecule has 0 bridgehead atoms. The van der Waals surface area contributed by atoms with Gasteiger partial charge in [0.15, 0.2) is 0 Å². The zero-order valence-corrected chi connectivity index (χ0v) is 16.1. The highest BCUT2D eigenvalue weighted by Gasteiger charge is 2.17. The van der Waals surface area contributed by atoms with E-state index in [1.165, 1.54) is 16.9 Å². The maximum Gasteiger partial charge on any atom is 0.124 e. The molecule has 0 aromatic heterocycles. The van der Waals surface area contributed by atoms with Crippen molar-refractivity contribution in [3.63, 3.8) is 0 Å². The van der Waals surface area contributed by atoms with Crippen molar-refractivity contribution in [3.05, 3.63) is 83.9 Å². The molecule has 4 rings (SSSR count). The molecule has 28 heavy (non-hydrogen) atoms. The van der Waals surface area contributed by atoms with Crippen LogP contribution in [0.15, 0.2) is 77.8 Å². The number of rotatable bonds is 4. The van der Waals surface area contributed by atoms with E-state index in [2.05, 4.69) is 58.1 Å². The molecule has 0 atom stereocenters. The predicted octanol–water partition coefficient (Wildman–Crippen LogP) is 4.78. The molecule has 3 aromatic carbocycles. The van der Waals surface area contributed by atoms with Gasteiger partial charge in [0, 0.05) is 49.3 Å². The number of benzene rings is 3. The van der Waals surface area contributed by atoms with E-state index in [1.807, 2.05) is 24.3 Å². The zero-order chi connectivity index (χ0) is 19.3. The van der Waals surface area contributed by atoms with Crippen molar-refractivity contribution < 1.29 is 5.11 Å². The molecule has 0 unspecified atom stereocenters. The van der Waals surface area contributed by atoms with Crippen molar-refractivity contribution in [3.8, 4) is 5.75 Å². The summed E-state index contributed by atoms with van der Waals surface area (Å²) in [4.78, 5) is 9.33.